The molecule has 29 heavy (non-hydrogen) atoms. The van der Waals surface area contributed by atoms with E-state index in [0.717, 1.165) is 0 Å². The maximum atomic E-state index is 13.5. The Kier molecular flexibility index (Phi) is 5.54. The van der Waals surface area contributed by atoms with Crippen molar-refractivity contribution in [2.75, 3.05) is 19.5 Å². The first-order chi connectivity index (χ1) is 13.8. The third-order valence-electron chi connectivity index (χ3n) is 4.25. The van der Waals surface area contributed by atoms with Crippen molar-refractivity contribution in [3.05, 3.63) is 70.7 Å². The topological polar surface area (TPSA) is 94.6 Å². The molecule has 1 amide bonds. The molecule has 0 bridgehead atoms. The van der Waals surface area contributed by atoms with E-state index in [0.29, 0.717) is 16.6 Å². The molecule has 0 radical (unpaired) electrons. The smallest absolute Gasteiger partial charge is 0.337 e. The van der Waals surface area contributed by atoms with Crippen molar-refractivity contribution in [3.8, 4) is 0 Å². The Bertz CT molecular complexity index is 1110. The number of aromatic nitrogens is 1. The Balaban J connectivity index is 1.99. The fourth-order valence-electron chi connectivity index (χ4n) is 2.84. The molecular formula is C21H17FN2O5. The van der Waals surface area contributed by atoms with Gasteiger partial charge in [-0.2, -0.15) is 0 Å². The number of anilines is 1. The van der Waals surface area contributed by atoms with Crippen LogP contribution in [0.2, 0.25) is 0 Å². The zero-order valence-corrected chi connectivity index (χ0v) is 15.9. The summed E-state index contributed by atoms with van der Waals surface area (Å²) in [6, 6.07) is 9.69. The second kappa shape index (κ2) is 8.05. The quantitative estimate of drug-likeness (QED) is 0.678. The lowest BCUT2D eigenvalue weighted by Gasteiger charge is -2.11. The van der Waals surface area contributed by atoms with Crippen LogP contribution >= 0.6 is 0 Å². The molecule has 0 fully saturated rings. The Morgan fingerprint density at radius 3 is 2.14 bits per heavy atom. The van der Waals surface area contributed by atoms with Crippen molar-refractivity contribution >= 4 is 34.4 Å². The van der Waals surface area contributed by atoms with Gasteiger partial charge in [0.15, 0.2) is 0 Å². The van der Waals surface area contributed by atoms with Crippen molar-refractivity contribution in [2.24, 2.45) is 0 Å². The van der Waals surface area contributed by atoms with E-state index in [-0.39, 0.29) is 22.4 Å². The number of rotatable bonds is 4. The van der Waals surface area contributed by atoms with Crippen molar-refractivity contribution in [2.45, 2.75) is 6.92 Å². The number of nitrogens with one attached hydrogen (secondary N) is 1. The number of esters is 2. The number of carbonyl (C=O) groups excluding carboxylic acids is 3. The molecule has 0 saturated carbocycles. The summed E-state index contributed by atoms with van der Waals surface area (Å²) < 4.78 is 22.9. The third-order valence-corrected chi connectivity index (χ3v) is 4.25. The molecule has 0 unspecified atom stereocenters. The molecule has 1 heterocycles. The van der Waals surface area contributed by atoms with Gasteiger partial charge in [-0.3, -0.25) is 9.78 Å². The lowest BCUT2D eigenvalue weighted by molar-refractivity contribution is 0.0599. The van der Waals surface area contributed by atoms with Crippen molar-refractivity contribution in [1.29, 1.82) is 0 Å². The third kappa shape index (κ3) is 4.21. The van der Waals surface area contributed by atoms with E-state index in [2.05, 4.69) is 19.8 Å². The fraction of sp³-hybridized carbons (Fsp3) is 0.143. The molecule has 0 spiro atoms. The van der Waals surface area contributed by atoms with E-state index >= 15 is 0 Å². The Morgan fingerprint density at radius 2 is 1.55 bits per heavy atom. The number of hydrogen-bond donors (Lipinski definition) is 1. The highest BCUT2D eigenvalue weighted by Gasteiger charge is 2.17. The van der Waals surface area contributed by atoms with Gasteiger partial charge in [0, 0.05) is 11.1 Å². The second-order valence-corrected chi connectivity index (χ2v) is 6.19. The fourth-order valence-corrected chi connectivity index (χ4v) is 2.84. The Morgan fingerprint density at radius 1 is 0.931 bits per heavy atom. The van der Waals surface area contributed by atoms with E-state index in [1.165, 1.54) is 56.7 Å². The minimum Gasteiger partial charge on any atom is -0.465 e. The van der Waals surface area contributed by atoms with E-state index < -0.39 is 23.7 Å². The number of nitrogens with zero attached hydrogens (tertiary/aromatic N) is 1. The number of ether oxygens (including phenoxy) is 2. The molecule has 0 aliphatic rings. The van der Waals surface area contributed by atoms with Gasteiger partial charge in [0.25, 0.3) is 5.91 Å². The van der Waals surface area contributed by atoms with E-state index in [1.54, 1.807) is 6.92 Å². The van der Waals surface area contributed by atoms with Crippen molar-refractivity contribution in [3.63, 3.8) is 0 Å². The molecule has 2 aromatic carbocycles. The average molecular weight is 396 g/mol. The number of fused-ring (bicyclic) bond motifs is 1. The SMILES string of the molecule is COC(=O)c1cc(NC(=O)c2cc3cc(F)ccc3nc2C)cc(C(=O)OC)c1. The zero-order valence-electron chi connectivity index (χ0n) is 15.9. The van der Waals surface area contributed by atoms with Crippen LogP contribution in [0, 0.1) is 12.7 Å². The van der Waals surface area contributed by atoms with Crippen LogP contribution in [-0.4, -0.2) is 37.0 Å². The highest BCUT2D eigenvalue weighted by Crippen LogP contribution is 2.21. The second-order valence-electron chi connectivity index (χ2n) is 6.19. The first kappa shape index (κ1) is 19.9. The number of hydrogen-bond acceptors (Lipinski definition) is 6. The molecule has 0 aliphatic carbocycles. The summed E-state index contributed by atoms with van der Waals surface area (Å²) in [4.78, 5) is 40.9. The van der Waals surface area contributed by atoms with Gasteiger partial charge >= 0.3 is 11.9 Å². The van der Waals surface area contributed by atoms with Crippen molar-refractivity contribution < 1.29 is 28.2 Å². The van der Waals surface area contributed by atoms with Gasteiger partial charge in [-0.15, -0.1) is 0 Å². The predicted molar refractivity (Wildman–Crippen MR) is 104 cm³/mol. The molecule has 0 atom stereocenters. The largest absolute Gasteiger partial charge is 0.465 e. The molecule has 7 nitrogen and oxygen atoms in total. The predicted octanol–water partition coefficient (Wildman–Crippen LogP) is 3.51. The number of pyridine rings is 1. The van der Waals surface area contributed by atoms with Crippen molar-refractivity contribution in [1.82, 2.24) is 4.98 Å². The summed E-state index contributed by atoms with van der Waals surface area (Å²) >= 11 is 0. The van der Waals surface area contributed by atoms with Gasteiger partial charge < -0.3 is 14.8 Å². The number of halogens is 1. The Labute approximate surface area is 165 Å². The van der Waals surface area contributed by atoms with Crippen LogP contribution in [-0.2, 0) is 9.47 Å². The minimum atomic E-state index is -0.676. The summed E-state index contributed by atoms with van der Waals surface area (Å²) in [6.07, 6.45) is 0. The summed E-state index contributed by atoms with van der Waals surface area (Å²) in [7, 11) is 2.41. The molecule has 0 saturated heterocycles. The van der Waals surface area contributed by atoms with Crippen LogP contribution in [0.1, 0.15) is 36.8 Å². The van der Waals surface area contributed by atoms with Gasteiger partial charge in [0.2, 0.25) is 0 Å². The molecule has 1 aromatic heterocycles. The van der Waals surface area contributed by atoms with Crippen LogP contribution in [0.25, 0.3) is 10.9 Å². The monoisotopic (exact) mass is 396 g/mol. The first-order valence-corrected chi connectivity index (χ1v) is 8.52. The lowest BCUT2D eigenvalue weighted by atomic mass is 10.1. The van der Waals surface area contributed by atoms with Crippen LogP contribution in [0.15, 0.2) is 42.5 Å². The summed E-state index contributed by atoms with van der Waals surface area (Å²) in [5, 5.41) is 3.10. The van der Waals surface area contributed by atoms with E-state index in [4.69, 9.17) is 0 Å². The number of aryl methyl sites for hydroxylation is 1. The highest BCUT2D eigenvalue weighted by molar-refractivity contribution is 6.08. The maximum Gasteiger partial charge on any atom is 0.337 e. The first-order valence-electron chi connectivity index (χ1n) is 8.52. The molecule has 3 rings (SSSR count). The van der Waals surface area contributed by atoms with Crippen LogP contribution in [0.4, 0.5) is 10.1 Å². The summed E-state index contributed by atoms with van der Waals surface area (Å²) in [6.45, 7) is 1.66. The van der Waals surface area contributed by atoms with Gasteiger partial charge in [-0.1, -0.05) is 0 Å². The summed E-state index contributed by atoms with van der Waals surface area (Å²) in [5.74, 6) is -2.32. The van der Waals surface area contributed by atoms with E-state index in [1.807, 2.05) is 0 Å². The molecule has 3 aromatic rings. The van der Waals surface area contributed by atoms with Crippen LogP contribution < -0.4 is 5.32 Å². The molecular weight excluding hydrogens is 379 g/mol. The lowest BCUT2D eigenvalue weighted by Crippen LogP contribution is -2.16. The van der Waals surface area contributed by atoms with Gasteiger partial charge in [0.1, 0.15) is 5.82 Å². The van der Waals surface area contributed by atoms with Crippen LogP contribution in [0.3, 0.4) is 0 Å². The summed E-state index contributed by atoms with van der Waals surface area (Å²) in [5.41, 5.74) is 1.56. The number of methoxy groups -OCH3 is 2. The normalized spacial score (nSPS) is 10.5. The Hall–Kier alpha value is -3.81. The standard InChI is InChI=1S/C21H17FN2O5/c1-11-17(10-12-7-15(22)4-5-18(12)23-11)19(25)24-16-8-13(20(26)28-2)6-14(9-16)21(27)29-3/h4-10H,1-3H3,(H,24,25). The van der Waals surface area contributed by atoms with Gasteiger partial charge in [-0.05, 0) is 49.4 Å². The molecule has 8 heteroatoms. The highest BCUT2D eigenvalue weighted by atomic mass is 19.1. The minimum absolute atomic E-state index is 0.0705. The van der Waals surface area contributed by atoms with E-state index in [9.17, 15) is 18.8 Å². The number of carbonyl (C=O) groups is 3. The number of amides is 1. The molecule has 148 valence electrons. The number of benzene rings is 2. The maximum absolute atomic E-state index is 13.5. The van der Waals surface area contributed by atoms with Crippen LogP contribution in [0.5, 0.6) is 0 Å². The zero-order chi connectivity index (χ0) is 21.1. The molecule has 0 aliphatic heterocycles. The van der Waals surface area contributed by atoms with Gasteiger partial charge in [0.05, 0.1) is 42.1 Å². The molecule has 1 N–H and O–H groups in total. The van der Waals surface area contributed by atoms with Gasteiger partial charge in [-0.25, -0.2) is 14.0 Å². The average Bonchev–Trinajstić information content (AvgIpc) is 2.71.